The molecule has 1 fully saturated rings. The van der Waals surface area contributed by atoms with Gasteiger partial charge in [0.2, 0.25) is 0 Å². The van der Waals surface area contributed by atoms with Gasteiger partial charge in [-0.25, -0.2) is 0 Å². The van der Waals surface area contributed by atoms with Crippen molar-refractivity contribution < 1.29 is 19.2 Å². The van der Waals surface area contributed by atoms with Crippen LogP contribution in [-0.4, -0.2) is 21.0 Å². The molecule has 0 aliphatic carbocycles. The third-order valence-electron chi connectivity index (χ3n) is 5.86. The normalized spacial score (nSPS) is 14.6. The second-order valence-electron chi connectivity index (χ2n) is 8.12. The number of para-hydroxylation sites is 2. The Morgan fingerprint density at radius 3 is 2.42 bits per heavy atom. The van der Waals surface area contributed by atoms with E-state index in [1.54, 1.807) is 24.3 Å². The summed E-state index contributed by atoms with van der Waals surface area (Å²) in [6, 6.07) is 27.5. The third kappa shape index (κ3) is 4.71. The van der Waals surface area contributed by atoms with Crippen LogP contribution in [0.15, 0.2) is 95.9 Å². The number of nitro groups is 1. The number of nitrogens with zero attached hydrogens (tertiary/aromatic N) is 2. The number of hydrogen-bond donors (Lipinski definition) is 0. The van der Waals surface area contributed by atoms with Crippen LogP contribution in [0.1, 0.15) is 16.7 Å². The highest BCUT2D eigenvalue weighted by Gasteiger charge is 2.36. The van der Waals surface area contributed by atoms with Crippen molar-refractivity contribution in [2.45, 2.75) is 13.2 Å². The molecule has 4 aromatic rings. The van der Waals surface area contributed by atoms with E-state index >= 15 is 0 Å². The number of rotatable bonds is 7. The smallest absolute Gasteiger partial charge is 0.293 e. The highest BCUT2D eigenvalue weighted by atomic mass is 32.2. The van der Waals surface area contributed by atoms with E-state index in [0.29, 0.717) is 23.5 Å². The van der Waals surface area contributed by atoms with Gasteiger partial charge >= 0.3 is 0 Å². The van der Waals surface area contributed by atoms with Crippen molar-refractivity contribution in [1.29, 1.82) is 0 Å². The molecule has 1 heterocycles. The van der Waals surface area contributed by atoms with Crippen LogP contribution in [0.4, 0.5) is 10.5 Å². The molecule has 2 amide bonds. The summed E-state index contributed by atoms with van der Waals surface area (Å²) in [6.45, 7) is 0.170. The quantitative estimate of drug-likeness (QED) is 0.163. The summed E-state index contributed by atoms with van der Waals surface area (Å²) in [5, 5.41) is 13.1. The molecule has 8 heteroatoms. The van der Waals surface area contributed by atoms with Crippen LogP contribution in [0.5, 0.6) is 5.75 Å². The number of ether oxygens (including phenoxy) is 1. The zero-order chi connectivity index (χ0) is 25.1. The van der Waals surface area contributed by atoms with Crippen LogP contribution in [0, 0.1) is 10.1 Å². The highest BCUT2D eigenvalue weighted by molar-refractivity contribution is 8.18. The number of amides is 2. The van der Waals surface area contributed by atoms with Crippen molar-refractivity contribution in [2.75, 3.05) is 0 Å². The molecule has 0 bridgehead atoms. The predicted molar refractivity (Wildman–Crippen MR) is 139 cm³/mol. The predicted octanol–water partition coefficient (Wildman–Crippen LogP) is 6.56. The van der Waals surface area contributed by atoms with Gasteiger partial charge in [0.15, 0.2) is 0 Å². The number of carbonyl (C=O) groups excluding carboxylic acids is 2. The number of carbonyl (C=O) groups is 2. The number of imide groups is 1. The van der Waals surface area contributed by atoms with E-state index in [4.69, 9.17) is 4.74 Å². The van der Waals surface area contributed by atoms with Gasteiger partial charge in [-0.15, -0.1) is 0 Å². The van der Waals surface area contributed by atoms with Gasteiger partial charge < -0.3 is 4.74 Å². The van der Waals surface area contributed by atoms with Crippen LogP contribution in [0.3, 0.4) is 0 Å². The van der Waals surface area contributed by atoms with Crippen molar-refractivity contribution in [3.05, 3.63) is 123 Å². The molecule has 0 spiro atoms. The Labute approximate surface area is 211 Å². The fraction of sp³-hybridized carbons (Fsp3) is 0.0714. The lowest BCUT2D eigenvalue weighted by atomic mass is 10.1. The molecule has 0 saturated carbocycles. The average Bonchev–Trinajstić information content (AvgIpc) is 3.15. The van der Waals surface area contributed by atoms with Crippen LogP contribution in [0.25, 0.3) is 16.8 Å². The molecule has 0 aromatic heterocycles. The second kappa shape index (κ2) is 10.1. The van der Waals surface area contributed by atoms with Crippen LogP contribution >= 0.6 is 11.8 Å². The molecule has 178 valence electrons. The fourth-order valence-corrected chi connectivity index (χ4v) is 4.90. The first-order chi connectivity index (χ1) is 17.5. The molecule has 0 unspecified atom stereocenters. The standard InChI is InChI=1S/C28H20N2O5S/c31-27-26(36-28(32)29(27)17-21-10-2-5-14-24(21)30(33)34)16-20-9-3-6-15-25(20)35-18-22-12-7-11-19-8-1-4-13-23(19)22/h1-16H,17-18H2/b26-16-. The molecule has 0 N–H and O–H groups in total. The lowest BCUT2D eigenvalue weighted by Crippen LogP contribution is -2.27. The number of nitro benzene ring substituents is 1. The van der Waals surface area contributed by atoms with Gasteiger partial charge in [-0.3, -0.25) is 24.6 Å². The Morgan fingerprint density at radius 2 is 1.56 bits per heavy atom. The summed E-state index contributed by atoms with van der Waals surface area (Å²) in [4.78, 5) is 37.7. The van der Waals surface area contributed by atoms with E-state index in [0.717, 1.165) is 33.0 Å². The molecule has 1 saturated heterocycles. The van der Waals surface area contributed by atoms with Crippen molar-refractivity contribution in [3.8, 4) is 5.75 Å². The number of thioether (sulfide) groups is 1. The molecular formula is C28H20N2O5S. The zero-order valence-corrected chi connectivity index (χ0v) is 19.8. The van der Waals surface area contributed by atoms with E-state index in [1.807, 2.05) is 66.7 Å². The maximum atomic E-state index is 13.0. The molecule has 1 aliphatic rings. The number of fused-ring (bicyclic) bond motifs is 1. The van der Waals surface area contributed by atoms with Gasteiger partial charge in [0, 0.05) is 17.2 Å². The van der Waals surface area contributed by atoms with Crippen molar-refractivity contribution in [3.63, 3.8) is 0 Å². The van der Waals surface area contributed by atoms with Crippen molar-refractivity contribution >= 4 is 45.4 Å². The van der Waals surface area contributed by atoms with Crippen molar-refractivity contribution in [2.24, 2.45) is 0 Å². The van der Waals surface area contributed by atoms with E-state index in [9.17, 15) is 19.7 Å². The zero-order valence-electron chi connectivity index (χ0n) is 19.0. The van der Waals surface area contributed by atoms with E-state index in [2.05, 4.69) is 0 Å². The van der Waals surface area contributed by atoms with Gasteiger partial charge in [-0.05, 0) is 40.2 Å². The van der Waals surface area contributed by atoms with Gasteiger partial charge in [0.05, 0.1) is 16.4 Å². The van der Waals surface area contributed by atoms with Crippen LogP contribution < -0.4 is 4.74 Å². The molecule has 1 aliphatic heterocycles. The topological polar surface area (TPSA) is 89.8 Å². The largest absolute Gasteiger partial charge is 0.488 e. The molecule has 36 heavy (non-hydrogen) atoms. The fourth-order valence-electron chi connectivity index (χ4n) is 4.08. The average molecular weight is 497 g/mol. The summed E-state index contributed by atoms with van der Waals surface area (Å²) < 4.78 is 6.13. The van der Waals surface area contributed by atoms with Crippen LogP contribution in [0.2, 0.25) is 0 Å². The molecule has 0 atom stereocenters. The van der Waals surface area contributed by atoms with Gasteiger partial charge in [0.1, 0.15) is 12.4 Å². The first-order valence-corrected chi connectivity index (χ1v) is 12.0. The minimum atomic E-state index is -0.520. The minimum Gasteiger partial charge on any atom is -0.488 e. The summed E-state index contributed by atoms with van der Waals surface area (Å²) in [7, 11) is 0. The number of benzene rings is 4. The maximum absolute atomic E-state index is 13.0. The summed E-state index contributed by atoms with van der Waals surface area (Å²) >= 11 is 0.808. The number of hydrogen-bond acceptors (Lipinski definition) is 6. The molecule has 4 aromatic carbocycles. The Morgan fingerprint density at radius 1 is 0.861 bits per heavy atom. The monoisotopic (exact) mass is 496 g/mol. The maximum Gasteiger partial charge on any atom is 0.293 e. The van der Waals surface area contributed by atoms with E-state index in [-0.39, 0.29) is 17.1 Å². The SMILES string of the molecule is O=C1S/C(=C\c2ccccc2OCc2cccc3ccccc23)C(=O)N1Cc1ccccc1[N+](=O)[O-]. The molecule has 7 nitrogen and oxygen atoms in total. The first kappa shape index (κ1) is 23.3. The Balaban J connectivity index is 1.37. The van der Waals surface area contributed by atoms with Gasteiger partial charge in [-0.2, -0.15) is 0 Å². The van der Waals surface area contributed by atoms with Crippen LogP contribution in [-0.2, 0) is 17.9 Å². The van der Waals surface area contributed by atoms with E-state index in [1.165, 1.54) is 6.07 Å². The van der Waals surface area contributed by atoms with E-state index < -0.39 is 16.1 Å². The Hall–Kier alpha value is -4.43. The second-order valence-corrected chi connectivity index (χ2v) is 9.11. The van der Waals surface area contributed by atoms with Gasteiger partial charge in [0.25, 0.3) is 16.8 Å². The van der Waals surface area contributed by atoms with Gasteiger partial charge in [-0.1, -0.05) is 78.9 Å². The Bertz CT molecular complexity index is 1530. The minimum absolute atomic E-state index is 0.132. The lowest BCUT2D eigenvalue weighted by molar-refractivity contribution is -0.385. The summed E-state index contributed by atoms with van der Waals surface area (Å²) in [5.41, 5.74) is 1.86. The summed E-state index contributed by atoms with van der Waals surface area (Å²) in [5.74, 6) is 0.0861. The first-order valence-electron chi connectivity index (χ1n) is 11.2. The molecular weight excluding hydrogens is 476 g/mol. The highest BCUT2D eigenvalue weighted by Crippen LogP contribution is 2.36. The van der Waals surface area contributed by atoms with Crippen molar-refractivity contribution in [1.82, 2.24) is 4.90 Å². The molecule has 0 radical (unpaired) electrons. The Kier molecular flexibility index (Phi) is 6.51. The molecule has 5 rings (SSSR count). The third-order valence-corrected chi connectivity index (χ3v) is 6.77. The summed E-state index contributed by atoms with van der Waals surface area (Å²) in [6.07, 6.45) is 1.63. The lowest BCUT2D eigenvalue weighted by Gasteiger charge is -2.13.